The Bertz CT molecular complexity index is 1020. The van der Waals surface area contributed by atoms with E-state index in [0.29, 0.717) is 27.8 Å². The molecule has 2 N–H and O–H groups in total. The molecule has 3 aromatic rings. The molecule has 1 aromatic heterocycles. The third-order valence-electron chi connectivity index (χ3n) is 3.82. The number of halogens is 1. The Morgan fingerprint density at radius 1 is 1.35 bits per heavy atom. The molecule has 0 saturated carbocycles. The third kappa shape index (κ3) is 3.45. The highest BCUT2D eigenvalue weighted by Gasteiger charge is 2.16. The minimum Gasteiger partial charge on any atom is -0.494 e. The second-order valence-electron chi connectivity index (χ2n) is 5.43. The second-order valence-corrected chi connectivity index (χ2v) is 5.87. The summed E-state index contributed by atoms with van der Waals surface area (Å²) in [5.74, 6) is -0.135. The molecule has 2 aromatic carbocycles. The minimum atomic E-state index is -1.05. The maximum atomic E-state index is 11.0. The lowest BCUT2D eigenvalue weighted by Gasteiger charge is -2.14. The number of hydrogen-bond donors (Lipinski definition) is 2. The predicted molar refractivity (Wildman–Crippen MR) is 103 cm³/mol. The quantitative estimate of drug-likeness (QED) is 0.659. The molecule has 6 nitrogen and oxygen atoms in total. The van der Waals surface area contributed by atoms with Gasteiger partial charge >= 0.3 is 5.97 Å². The zero-order valence-corrected chi connectivity index (χ0v) is 14.9. The number of fused-ring (bicyclic) bond motifs is 1. The van der Waals surface area contributed by atoms with E-state index in [9.17, 15) is 4.79 Å². The molecular formula is C19H16ClN3O3. The number of carbonyl (C=O) groups is 1. The molecule has 3 rings (SSSR count). The van der Waals surface area contributed by atoms with Crippen molar-refractivity contribution < 1.29 is 14.6 Å². The molecule has 0 fully saturated rings. The fourth-order valence-corrected chi connectivity index (χ4v) is 2.89. The average Bonchev–Trinajstić information content (AvgIpc) is 2.64. The van der Waals surface area contributed by atoms with E-state index < -0.39 is 5.97 Å². The van der Waals surface area contributed by atoms with Gasteiger partial charge in [-0.1, -0.05) is 23.7 Å². The van der Waals surface area contributed by atoms with Crippen molar-refractivity contribution >= 4 is 40.5 Å². The fourth-order valence-electron chi connectivity index (χ4n) is 2.70. The van der Waals surface area contributed by atoms with Gasteiger partial charge in [0.2, 0.25) is 5.95 Å². The zero-order valence-electron chi connectivity index (χ0n) is 14.2. The molecule has 7 heteroatoms. The molecule has 1 heterocycles. The van der Waals surface area contributed by atoms with Crippen molar-refractivity contribution in [3.63, 3.8) is 0 Å². The van der Waals surface area contributed by atoms with Crippen LogP contribution in [0.25, 0.3) is 28.1 Å². The van der Waals surface area contributed by atoms with Crippen LogP contribution >= 0.6 is 11.6 Å². The van der Waals surface area contributed by atoms with Gasteiger partial charge in [0.15, 0.2) is 5.75 Å². The van der Waals surface area contributed by atoms with Crippen LogP contribution in [-0.4, -0.2) is 35.2 Å². The van der Waals surface area contributed by atoms with Gasteiger partial charge < -0.3 is 15.2 Å². The lowest BCUT2D eigenvalue weighted by molar-refractivity contribution is -0.131. The van der Waals surface area contributed by atoms with Crippen LogP contribution in [0.3, 0.4) is 0 Å². The zero-order chi connectivity index (χ0) is 18.7. The minimum absolute atomic E-state index is 0.437. The van der Waals surface area contributed by atoms with E-state index in [1.165, 1.54) is 13.2 Å². The van der Waals surface area contributed by atoms with Crippen LogP contribution in [0, 0.1) is 0 Å². The Hall–Kier alpha value is -3.12. The molecule has 0 unspecified atom stereocenters. The average molecular weight is 370 g/mol. The van der Waals surface area contributed by atoms with Gasteiger partial charge in [-0.2, -0.15) is 0 Å². The van der Waals surface area contributed by atoms with Crippen LogP contribution in [0.5, 0.6) is 5.75 Å². The summed E-state index contributed by atoms with van der Waals surface area (Å²) in [5, 5.41) is 13.2. The molecule has 26 heavy (non-hydrogen) atoms. The van der Waals surface area contributed by atoms with Gasteiger partial charge in [-0.25, -0.2) is 14.8 Å². The van der Waals surface area contributed by atoms with E-state index in [1.807, 2.05) is 24.3 Å². The molecular weight excluding hydrogens is 354 g/mol. The molecule has 132 valence electrons. The number of nitrogens with zero attached hydrogens (tertiary/aromatic N) is 2. The highest BCUT2D eigenvalue weighted by molar-refractivity contribution is 6.31. The summed E-state index contributed by atoms with van der Waals surface area (Å²) in [6.45, 7) is 0. The molecule has 0 atom stereocenters. The fraction of sp³-hybridized carbons (Fsp3) is 0.105. The summed E-state index contributed by atoms with van der Waals surface area (Å²) >= 11 is 6.14. The van der Waals surface area contributed by atoms with E-state index >= 15 is 0 Å². The first-order valence-electron chi connectivity index (χ1n) is 7.76. The Morgan fingerprint density at radius 3 is 2.81 bits per heavy atom. The summed E-state index contributed by atoms with van der Waals surface area (Å²) in [4.78, 5) is 19.7. The van der Waals surface area contributed by atoms with Crippen molar-refractivity contribution in [3.8, 4) is 16.9 Å². The Balaban J connectivity index is 2.37. The van der Waals surface area contributed by atoms with Gasteiger partial charge in [0.1, 0.15) is 5.52 Å². The number of nitrogens with one attached hydrogen (secondary N) is 1. The van der Waals surface area contributed by atoms with Gasteiger partial charge in [-0.3, -0.25) is 0 Å². The highest BCUT2D eigenvalue weighted by Crippen LogP contribution is 2.38. The first-order valence-corrected chi connectivity index (χ1v) is 8.13. The molecule has 0 spiro atoms. The first-order chi connectivity index (χ1) is 12.5. The SMILES string of the molecule is CNc1ncc2c(-c3cccc(Cl)c3)cc(/C=C/C(=O)O)c(OC)c2n1. The number of aromatic nitrogens is 2. The first kappa shape index (κ1) is 17.7. The van der Waals surface area contributed by atoms with Crippen LogP contribution < -0.4 is 10.1 Å². The van der Waals surface area contributed by atoms with Crippen molar-refractivity contribution in [2.24, 2.45) is 0 Å². The number of hydrogen-bond acceptors (Lipinski definition) is 5. The lowest BCUT2D eigenvalue weighted by Crippen LogP contribution is -2.00. The highest BCUT2D eigenvalue weighted by atomic mass is 35.5. The molecule has 0 aliphatic heterocycles. The Labute approximate surface area is 155 Å². The molecule has 0 bridgehead atoms. The van der Waals surface area contributed by atoms with E-state index in [4.69, 9.17) is 21.4 Å². The van der Waals surface area contributed by atoms with Gasteiger partial charge in [0, 0.05) is 35.3 Å². The van der Waals surface area contributed by atoms with E-state index in [1.54, 1.807) is 19.3 Å². The molecule has 0 aliphatic rings. The van der Waals surface area contributed by atoms with Crippen LogP contribution in [0.2, 0.25) is 5.02 Å². The predicted octanol–water partition coefficient (Wildman–Crippen LogP) is 4.10. The summed E-state index contributed by atoms with van der Waals surface area (Å²) in [5.41, 5.74) is 2.87. The number of carboxylic acid groups (broad SMARTS) is 1. The normalized spacial score (nSPS) is 11.0. The largest absolute Gasteiger partial charge is 0.494 e. The van der Waals surface area contributed by atoms with Crippen LogP contribution in [0.4, 0.5) is 5.95 Å². The van der Waals surface area contributed by atoms with Crippen molar-refractivity contribution in [1.82, 2.24) is 9.97 Å². The second kappa shape index (κ2) is 7.41. The van der Waals surface area contributed by atoms with Gasteiger partial charge in [-0.05, 0) is 35.4 Å². The van der Waals surface area contributed by atoms with Gasteiger partial charge in [0.25, 0.3) is 0 Å². The van der Waals surface area contributed by atoms with E-state index in [-0.39, 0.29) is 0 Å². The number of anilines is 1. The summed E-state index contributed by atoms with van der Waals surface area (Å²) < 4.78 is 5.52. The van der Waals surface area contributed by atoms with Crippen molar-refractivity contribution in [1.29, 1.82) is 0 Å². The summed E-state index contributed by atoms with van der Waals surface area (Å²) in [7, 11) is 3.24. The summed E-state index contributed by atoms with van der Waals surface area (Å²) in [6, 6.07) is 9.24. The van der Waals surface area contributed by atoms with E-state index in [0.717, 1.165) is 22.6 Å². The summed E-state index contributed by atoms with van der Waals surface area (Å²) in [6.07, 6.45) is 4.25. The van der Waals surface area contributed by atoms with Crippen molar-refractivity contribution in [3.05, 3.63) is 53.2 Å². The topological polar surface area (TPSA) is 84.3 Å². The number of carboxylic acids is 1. The van der Waals surface area contributed by atoms with E-state index in [2.05, 4.69) is 15.3 Å². The number of benzene rings is 2. The van der Waals surface area contributed by atoms with Crippen LogP contribution in [0.15, 0.2) is 42.6 Å². The maximum Gasteiger partial charge on any atom is 0.328 e. The monoisotopic (exact) mass is 369 g/mol. The smallest absolute Gasteiger partial charge is 0.328 e. The standard InChI is InChI=1S/C19H16ClN3O3/c1-21-19-22-10-15-14(11-4-3-5-13(20)8-11)9-12(6-7-16(24)25)18(26-2)17(15)23-19/h3-10H,1-2H3,(H,24,25)(H,21,22,23)/b7-6+. The number of rotatable bonds is 5. The molecule has 0 amide bonds. The van der Waals surface area contributed by atoms with Gasteiger partial charge in [-0.15, -0.1) is 0 Å². The lowest BCUT2D eigenvalue weighted by atomic mass is 9.97. The number of ether oxygens (including phenoxy) is 1. The molecule has 0 aliphatic carbocycles. The van der Waals surface area contributed by atoms with Crippen molar-refractivity contribution in [2.75, 3.05) is 19.5 Å². The van der Waals surface area contributed by atoms with Crippen molar-refractivity contribution in [2.45, 2.75) is 0 Å². The number of aliphatic carboxylic acids is 1. The van der Waals surface area contributed by atoms with Crippen LogP contribution in [-0.2, 0) is 4.79 Å². The third-order valence-corrected chi connectivity index (χ3v) is 4.06. The molecule has 0 radical (unpaired) electrons. The Kier molecular flexibility index (Phi) is 5.04. The Morgan fingerprint density at radius 2 is 2.15 bits per heavy atom. The maximum absolute atomic E-state index is 11.0. The number of methoxy groups -OCH3 is 1. The van der Waals surface area contributed by atoms with Gasteiger partial charge in [0.05, 0.1) is 7.11 Å². The molecule has 0 saturated heterocycles. The van der Waals surface area contributed by atoms with Crippen LogP contribution in [0.1, 0.15) is 5.56 Å².